The Hall–Kier alpha value is 0.490. The molecule has 48 valence electrons. The number of alkyl halides is 1. The summed E-state index contributed by atoms with van der Waals surface area (Å²) in [7, 11) is 0. The molecule has 0 radical (unpaired) electrons. The molecule has 0 aliphatic rings. The molecule has 0 rings (SSSR count). The molecule has 0 aromatic carbocycles. The first-order chi connectivity index (χ1) is 3.63. The van der Waals surface area contributed by atoms with Gasteiger partial charge in [0.15, 0.2) is 0 Å². The van der Waals surface area contributed by atoms with Crippen LogP contribution >= 0.6 is 34.2 Å². The van der Waals surface area contributed by atoms with E-state index in [0.29, 0.717) is 0 Å². The Bertz CT molecular complexity index is 88.0. The van der Waals surface area contributed by atoms with Gasteiger partial charge in [-0.15, -0.1) is 0 Å². The van der Waals surface area contributed by atoms with Crippen molar-refractivity contribution in [1.29, 1.82) is 0 Å². The third-order valence-corrected chi connectivity index (χ3v) is 0.735. The summed E-state index contributed by atoms with van der Waals surface area (Å²) in [4.78, 5) is 0. The number of rotatable bonds is 2. The standard InChI is InChI=1S/C4H8ClIN2/c1-3(5)7-8-4(2)6/h3,7H,1-2H3/b8-4+. The highest BCUT2D eigenvalue weighted by Crippen LogP contribution is 1.89. The van der Waals surface area contributed by atoms with E-state index in [1.54, 1.807) is 0 Å². The van der Waals surface area contributed by atoms with Gasteiger partial charge in [-0.2, -0.15) is 5.10 Å². The van der Waals surface area contributed by atoms with Crippen LogP contribution in [0.4, 0.5) is 0 Å². The zero-order chi connectivity index (χ0) is 6.57. The summed E-state index contributed by atoms with van der Waals surface area (Å²) in [6.45, 7) is 3.72. The summed E-state index contributed by atoms with van der Waals surface area (Å²) in [5, 5.41) is 3.85. The van der Waals surface area contributed by atoms with E-state index in [9.17, 15) is 0 Å². The molecule has 2 nitrogen and oxygen atoms in total. The molecule has 1 unspecified atom stereocenters. The van der Waals surface area contributed by atoms with Crippen molar-refractivity contribution >= 4 is 37.9 Å². The third kappa shape index (κ3) is 6.49. The summed E-state index contributed by atoms with van der Waals surface area (Å²) >= 11 is 7.60. The fraction of sp³-hybridized carbons (Fsp3) is 0.750. The predicted octanol–water partition coefficient (Wildman–Crippen LogP) is 1.93. The molecule has 0 aromatic heterocycles. The van der Waals surface area contributed by atoms with Crippen molar-refractivity contribution in [3.05, 3.63) is 0 Å². The van der Waals surface area contributed by atoms with Gasteiger partial charge in [0.25, 0.3) is 0 Å². The molecule has 0 saturated heterocycles. The molecule has 0 spiro atoms. The van der Waals surface area contributed by atoms with Crippen molar-refractivity contribution in [3.8, 4) is 0 Å². The Kier molecular flexibility index (Phi) is 4.64. The van der Waals surface area contributed by atoms with Crippen molar-refractivity contribution in [2.45, 2.75) is 19.3 Å². The van der Waals surface area contributed by atoms with Crippen LogP contribution in [0.3, 0.4) is 0 Å². The van der Waals surface area contributed by atoms with Crippen molar-refractivity contribution in [3.63, 3.8) is 0 Å². The molecule has 0 aromatic rings. The molecule has 0 aliphatic heterocycles. The molecule has 0 bridgehead atoms. The van der Waals surface area contributed by atoms with Crippen molar-refractivity contribution in [1.82, 2.24) is 5.43 Å². The maximum atomic E-state index is 5.50. The van der Waals surface area contributed by atoms with Gasteiger partial charge in [0.2, 0.25) is 0 Å². The number of hydrogen-bond acceptors (Lipinski definition) is 2. The summed E-state index contributed by atoms with van der Waals surface area (Å²) in [5.74, 6) is 0. The van der Waals surface area contributed by atoms with E-state index >= 15 is 0 Å². The van der Waals surface area contributed by atoms with Gasteiger partial charge in [0.05, 0.1) is 3.72 Å². The quantitative estimate of drug-likeness (QED) is 0.260. The zero-order valence-corrected chi connectivity index (χ0v) is 7.69. The van der Waals surface area contributed by atoms with E-state index in [-0.39, 0.29) is 5.50 Å². The molecular weight excluding hydrogens is 238 g/mol. The lowest BCUT2D eigenvalue weighted by Gasteiger charge is -1.98. The minimum atomic E-state index is -0.0836. The number of hydrogen-bond donors (Lipinski definition) is 1. The smallest absolute Gasteiger partial charge is 0.115 e. The van der Waals surface area contributed by atoms with Gasteiger partial charge in [-0.05, 0) is 36.4 Å². The van der Waals surface area contributed by atoms with Crippen LogP contribution in [0.25, 0.3) is 0 Å². The second kappa shape index (κ2) is 4.38. The Morgan fingerprint density at radius 2 is 2.38 bits per heavy atom. The largest absolute Gasteiger partial charge is 0.292 e. The van der Waals surface area contributed by atoms with E-state index in [1.807, 2.05) is 13.8 Å². The van der Waals surface area contributed by atoms with Crippen LogP contribution in [-0.4, -0.2) is 9.22 Å². The minimum absolute atomic E-state index is 0.0836. The second-order valence-corrected chi connectivity index (χ2v) is 3.57. The average Bonchev–Trinajstić information content (AvgIpc) is 1.61. The van der Waals surface area contributed by atoms with Crippen LogP contribution < -0.4 is 5.43 Å². The molecule has 8 heavy (non-hydrogen) atoms. The van der Waals surface area contributed by atoms with Crippen molar-refractivity contribution < 1.29 is 0 Å². The highest BCUT2D eigenvalue weighted by Gasteiger charge is 1.87. The van der Waals surface area contributed by atoms with Crippen LogP contribution in [0.2, 0.25) is 0 Å². The van der Waals surface area contributed by atoms with E-state index in [1.165, 1.54) is 0 Å². The van der Waals surface area contributed by atoms with Gasteiger partial charge in [-0.1, -0.05) is 11.6 Å². The fourth-order valence-corrected chi connectivity index (χ4v) is 0.366. The highest BCUT2D eigenvalue weighted by molar-refractivity contribution is 14.1. The van der Waals surface area contributed by atoms with Gasteiger partial charge in [0, 0.05) is 0 Å². The van der Waals surface area contributed by atoms with Crippen LogP contribution in [0.1, 0.15) is 13.8 Å². The lowest BCUT2D eigenvalue weighted by Crippen LogP contribution is -2.13. The third-order valence-electron chi connectivity index (χ3n) is 0.397. The zero-order valence-electron chi connectivity index (χ0n) is 4.78. The molecule has 0 saturated carbocycles. The van der Waals surface area contributed by atoms with Gasteiger partial charge in [-0.25, -0.2) is 0 Å². The molecule has 0 aliphatic carbocycles. The Balaban J connectivity index is 3.29. The molecule has 1 N–H and O–H groups in total. The fourth-order valence-electron chi connectivity index (χ4n) is 0.178. The maximum absolute atomic E-state index is 5.50. The SMILES string of the molecule is C/C(I)=N\NC(C)Cl. The first-order valence-corrected chi connectivity index (χ1v) is 3.74. The van der Waals surface area contributed by atoms with Gasteiger partial charge >= 0.3 is 0 Å². The second-order valence-electron chi connectivity index (χ2n) is 1.35. The summed E-state index contributed by atoms with van der Waals surface area (Å²) in [5.41, 5.74) is 2.61. The number of halogens is 2. The topological polar surface area (TPSA) is 24.4 Å². The normalized spacial score (nSPS) is 15.8. The molecule has 0 fully saturated rings. The Morgan fingerprint density at radius 1 is 1.88 bits per heavy atom. The first kappa shape index (κ1) is 8.49. The summed E-state index contributed by atoms with van der Waals surface area (Å²) in [6, 6.07) is 0. The summed E-state index contributed by atoms with van der Waals surface area (Å²) < 4.78 is 0.954. The number of hydrazone groups is 1. The van der Waals surface area contributed by atoms with Crippen LogP contribution in [0.5, 0.6) is 0 Å². The first-order valence-electron chi connectivity index (χ1n) is 2.22. The molecular formula is C4H8ClIN2. The van der Waals surface area contributed by atoms with E-state index in [4.69, 9.17) is 11.6 Å². The number of nitrogens with one attached hydrogen (secondary N) is 1. The van der Waals surface area contributed by atoms with E-state index in [2.05, 4.69) is 33.1 Å². The number of nitrogens with zero attached hydrogens (tertiary/aromatic N) is 1. The van der Waals surface area contributed by atoms with Gasteiger partial charge in [0.1, 0.15) is 5.50 Å². The van der Waals surface area contributed by atoms with Crippen molar-refractivity contribution in [2.24, 2.45) is 5.10 Å². The molecule has 0 amide bonds. The molecule has 4 heteroatoms. The average molecular weight is 246 g/mol. The lowest BCUT2D eigenvalue weighted by atomic mass is 10.8. The van der Waals surface area contributed by atoms with Crippen LogP contribution in [0, 0.1) is 0 Å². The predicted molar refractivity (Wildman–Crippen MR) is 45.6 cm³/mol. The Morgan fingerprint density at radius 3 is 2.50 bits per heavy atom. The minimum Gasteiger partial charge on any atom is -0.292 e. The lowest BCUT2D eigenvalue weighted by molar-refractivity contribution is 0.729. The monoisotopic (exact) mass is 246 g/mol. The van der Waals surface area contributed by atoms with Crippen molar-refractivity contribution in [2.75, 3.05) is 0 Å². The van der Waals surface area contributed by atoms with Gasteiger partial charge < -0.3 is 0 Å². The van der Waals surface area contributed by atoms with Crippen LogP contribution in [0.15, 0.2) is 5.10 Å². The van der Waals surface area contributed by atoms with Gasteiger partial charge in [-0.3, -0.25) is 5.43 Å². The molecule has 1 atom stereocenters. The molecule has 0 heterocycles. The maximum Gasteiger partial charge on any atom is 0.115 e. The van der Waals surface area contributed by atoms with Crippen LogP contribution in [-0.2, 0) is 0 Å². The highest BCUT2D eigenvalue weighted by atomic mass is 127. The summed E-state index contributed by atoms with van der Waals surface area (Å²) in [6.07, 6.45) is 0. The van der Waals surface area contributed by atoms with E-state index < -0.39 is 0 Å². The van der Waals surface area contributed by atoms with E-state index in [0.717, 1.165) is 3.72 Å². The Labute approximate surface area is 67.8 Å².